The van der Waals surface area contributed by atoms with Crippen molar-refractivity contribution in [2.75, 3.05) is 52.6 Å². The maximum absolute atomic E-state index is 11.7. The van der Waals surface area contributed by atoms with Crippen molar-refractivity contribution in [3.63, 3.8) is 0 Å². The van der Waals surface area contributed by atoms with Gasteiger partial charge in [-0.3, -0.25) is 4.99 Å². The number of sulfonamides is 1. The average Bonchev–Trinajstić information content (AvgIpc) is 2.64. The summed E-state index contributed by atoms with van der Waals surface area (Å²) >= 11 is 0. The average molecular weight is 411 g/mol. The highest BCUT2D eigenvalue weighted by atomic mass is 32.2. The number of benzene rings is 1. The molecular formula is C20H34N4O3S. The quantitative estimate of drug-likeness (QED) is 0.422. The zero-order valence-electron chi connectivity index (χ0n) is 17.7. The monoisotopic (exact) mass is 410 g/mol. The van der Waals surface area contributed by atoms with E-state index >= 15 is 0 Å². The van der Waals surface area contributed by atoms with Gasteiger partial charge in [-0.25, -0.2) is 12.7 Å². The molecule has 1 saturated heterocycles. The van der Waals surface area contributed by atoms with E-state index in [1.165, 1.54) is 27.3 Å². The lowest BCUT2D eigenvalue weighted by Gasteiger charge is -2.36. The molecule has 28 heavy (non-hydrogen) atoms. The van der Waals surface area contributed by atoms with Crippen LogP contribution in [0.1, 0.15) is 36.1 Å². The van der Waals surface area contributed by atoms with Gasteiger partial charge in [0.05, 0.1) is 19.4 Å². The molecule has 0 aliphatic carbocycles. The van der Waals surface area contributed by atoms with E-state index in [2.05, 4.69) is 47.3 Å². The third-order valence-electron chi connectivity index (χ3n) is 5.04. The van der Waals surface area contributed by atoms with Crippen LogP contribution in [0.2, 0.25) is 0 Å². The maximum Gasteiger partial charge on any atom is 0.211 e. The summed E-state index contributed by atoms with van der Waals surface area (Å²) in [5, 5.41) is 3.36. The molecule has 1 atom stereocenters. The number of aryl methyl sites for hydroxylation is 2. The third-order valence-corrected chi connectivity index (χ3v) is 6.42. The van der Waals surface area contributed by atoms with Gasteiger partial charge in [0.2, 0.25) is 10.0 Å². The molecular weight excluding hydrogens is 376 g/mol. The molecule has 1 heterocycles. The van der Waals surface area contributed by atoms with Crippen molar-refractivity contribution in [2.45, 2.75) is 33.3 Å². The summed E-state index contributed by atoms with van der Waals surface area (Å²) in [6.07, 6.45) is 2.00. The number of ether oxygens (including phenoxy) is 1. The van der Waals surface area contributed by atoms with E-state index in [1.54, 1.807) is 7.05 Å². The Morgan fingerprint density at radius 2 is 2.14 bits per heavy atom. The third kappa shape index (κ3) is 6.18. The van der Waals surface area contributed by atoms with E-state index in [4.69, 9.17) is 4.74 Å². The van der Waals surface area contributed by atoms with E-state index in [-0.39, 0.29) is 6.10 Å². The van der Waals surface area contributed by atoms with Gasteiger partial charge in [0.15, 0.2) is 5.96 Å². The number of nitrogens with zero attached hydrogens (tertiary/aromatic N) is 3. The SMILES string of the molecule is CCN(CCCNC(=NC)N1CCOC(c2ccc(C)cc2C)C1)S(C)(=O)=O. The summed E-state index contributed by atoms with van der Waals surface area (Å²) in [4.78, 5) is 6.62. The Hall–Kier alpha value is -1.64. The minimum absolute atomic E-state index is 0.0220. The predicted octanol–water partition coefficient (Wildman–Crippen LogP) is 1.92. The zero-order chi connectivity index (χ0) is 20.7. The molecule has 0 saturated carbocycles. The van der Waals surface area contributed by atoms with Crippen LogP contribution in [0.3, 0.4) is 0 Å². The molecule has 0 aromatic heterocycles. The highest BCUT2D eigenvalue weighted by molar-refractivity contribution is 7.88. The Bertz CT molecular complexity index is 780. The number of aliphatic imine (C=N–C) groups is 1. The number of morpholine rings is 1. The van der Waals surface area contributed by atoms with Crippen LogP contribution in [0, 0.1) is 13.8 Å². The van der Waals surface area contributed by atoms with Crippen molar-refractivity contribution in [3.05, 3.63) is 34.9 Å². The number of nitrogens with one attached hydrogen (secondary N) is 1. The molecule has 8 heteroatoms. The van der Waals surface area contributed by atoms with E-state index < -0.39 is 10.0 Å². The summed E-state index contributed by atoms with van der Waals surface area (Å²) in [6.45, 7) is 9.93. The van der Waals surface area contributed by atoms with Crippen LogP contribution in [0.5, 0.6) is 0 Å². The molecule has 1 fully saturated rings. The van der Waals surface area contributed by atoms with Crippen LogP contribution in [-0.4, -0.2) is 76.2 Å². The van der Waals surface area contributed by atoms with Gasteiger partial charge in [0.1, 0.15) is 6.10 Å². The molecule has 1 aliphatic rings. The fourth-order valence-corrected chi connectivity index (χ4v) is 4.49. The molecule has 0 amide bonds. The van der Waals surface area contributed by atoms with Crippen molar-refractivity contribution in [2.24, 2.45) is 4.99 Å². The number of rotatable bonds is 7. The van der Waals surface area contributed by atoms with Crippen LogP contribution >= 0.6 is 0 Å². The molecule has 0 bridgehead atoms. The molecule has 1 N–H and O–H groups in total. The summed E-state index contributed by atoms with van der Waals surface area (Å²) in [6, 6.07) is 6.46. The summed E-state index contributed by atoms with van der Waals surface area (Å²) in [5.41, 5.74) is 3.72. The largest absolute Gasteiger partial charge is 0.370 e. The van der Waals surface area contributed by atoms with Gasteiger partial charge < -0.3 is 15.0 Å². The van der Waals surface area contributed by atoms with Gasteiger partial charge in [-0.1, -0.05) is 30.7 Å². The molecule has 1 unspecified atom stereocenters. The van der Waals surface area contributed by atoms with Gasteiger partial charge in [-0.05, 0) is 31.4 Å². The van der Waals surface area contributed by atoms with Gasteiger partial charge in [0.25, 0.3) is 0 Å². The number of hydrogen-bond donors (Lipinski definition) is 1. The summed E-state index contributed by atoms with van der Waals surface area (Å²) in [7, 11) is -1.36. The van der Waals surface area contributed by atoms with Crippen LogP contribution in [0.4, 0.5) is 0 Å². The maximum atomic E-state index is 11.7. The van der Waals surface area contributed by atoms with E-state index in [9.17, 15) is 8.42 Å². The molecule has 1 aromatic rings. The molecule has 1 aromatic carbocycles. The van der Waals surface area contributed by atoms with Crippen molar-refractivity contribution in [1.82, 2.24) is 14.5 Å². The molecule has 1 aliphatic heterocycles. The Morgan fingerprint density at radius 3 is 2.75 bits per heavy atom. The number of hydrogen-bond acceptors (Lipinski definition) is 4. The molecule has 2 rings (SSSR count). The molecule has 158 valence electrons. The smallest absolute Gasteiger partial charge is 0.211 e. The fourth-order valence-electron chi connectivity index (χ4n) is 3.56. The van der Waals surface area contributed by atoms with E-state index in [0.29, 0.717) is 26.2 Å². The highest BCUT2D eigenvalue weighted by Gasteiger charge is 2.25. The van der Waals surface area contributed by atoms with Crippen molar-refractivity contribution in [1.29, 1.82) is 0 Å². The summed E-state index contributed by atoms with van der Waals surface area (Å²) < 4.78 is 30.9. The minimum atomic E-state index is -3.14. The van der Waals surface area contributed by atoms with Crippen LogP contribution in [0.15, 0.2) is 23.2 Å². The Labute approximate surface area is 169 Å². The van der Waals surface area contributed by atoms with Crippen LogP contribution in [-0.2, 0) is 14.8 Å². The summed E-state index contributed by atoms with van der Waals surface area (Å²) in [5.74, 6) is 0.834. The molecule has 7 nitrogen and oxygen atoms in total. The Kier molecular flexibility index (Phi) is 8.27. The lowest BCUT2D eigenvalue weighted by molar-refractivity contribution is -0.00831. The molecule has 0 radical (unpaired) electrons. The minimum Gasteiger partial charge on any atom is -0.370 e. The second-order valence-electron chi connectivity index (χ2n) is 7.25. The van der Waals surface area contributed by atoms with E-state index in [1.807, 2.05) is 6.92 Å². The van der Waals surface area contributed by atoms with Crippen molar-refractivity contribution in [3.8, 4) is 0 Å². The Morgan fingerprint density at radius 1 is 1.39 bits per heavy atom. The first-order chi connectivity index (χ1) is 13.3. The highest BCUT2D eigenvalue weighted by Crippen LogP contribution is 2.25. The van der Waals surface area contributed by atoms with Crippen LogP contribution in [0.25, 0.3) is 0 Å². The first kappa shape index (κ1) is 22.6. The Balaban J connectivity index is 1.91. The van der Waals surface area contributed by atoms with Crippen molar-refractivity contribution >= 4 is 16.0 Å². The second kappa shape index (κ2) is 10.2. The second-order valence-corrected chi connectivity index (χ2v) is 9.23. The van der Waals surface area contributed by atoms with Gasteiger partial charge in [-0.2, -0.15) is 0 Å². The van der Waals surface area contributed by atoms with E-state index in [0.717, 1.165) is 25.5 Å². The fraction of sp³-hybridized carbons (Fsp3) is 0.650. The zero-order valence-corrected chi connectivity index (χ0v) is 18.6. The van der Waals surface area contributed by atoms with Crippen molar-refractivity contribution < 1.29 is 13.2 Å². The topological polar surface area (TPSA) is 74.2 Å². The van der Waals surface area contributed by atoms with Gasteiger partial charge >= 0.3 is 0 Å². The molecule has 0 spiro atoms. The first-order valence-electron chi connectivity index (χ1n) is 9.85. The lowest BCUT2D eigenvalue weighted by atomic mass is 10.00. The van der Waals surface area contributed by atoms with Gasteiger partial charge in [-0.15, -0.1) is 0 Å². The lowest BCUT2D eigenvalue weighted by Crippen LogP contribution is -2.48. The van der Waals surface area contributed by atoms with Crippen LogP contribution < -0.4 is 5.32 Å². The first-order valence-corrected chi connectivity index (χ1v) is 11.7. The normalized spacial score (nSPS) is 18.6. The predicted molar refractivity (Wildman–Crippen MR) is 114 cm³/mol. The standard InChI is InChI=1S/C20H34N4O3S/c1-6-24(28(5,25)26)11-7-10-22-20(21-4)23-12-13-27-19(15-23)18-9-8-16(2)14-17(18)3/h8-9,14,19H,6-7,10-13,15H2,1-5H3,(H,21,22). The van der Waals surface area contributed by atoms with Gasteiger partial charge in [0, 0.05) is 33.2 Å². The number of guanidine groups is 1.